The summed E-state index contributed by atoms with van der Waals surface area (Å²) < 4.78 is 10.4. The molecule has 8 heteroatoms. The number of carbonyl (C=O) groups excluding carboxylic acids is 1. The highest BCUT2D eigenvalue weighted by Crippen LogP contribution is 2.24. The lowest BCUT2D eigenvalue weighted by atomic mass is 10.2. The molecule has 0 fully saturated rings. The second-order valence-corrected chi connectivity index (χ2v) is 8.16. The van der Waals surface area contributed by atoms with E-state index in [1.807, 2.05) is 45.0 Å². The van der Waals surface area contributed by atoms with Crippen LogP contribution in [0.2, 0.25) is 0 Å². The van der Waals surface area contributed by atoms with Crippen LogP contribution >= 0.6 is 11.3 Å². The number of hydrogen-bond acceptors (Lipinski definition) is 7. The van der Waals surface area contributed by atoms with Crippen LogP contribution in [0.1, 0.15) is 45.0 Å². The first-order valence-corrected chi connectivity index (χ1v) is 9.88. The Bertz CT molecular complexity index is 728. The summed E-state index contributed by atoms with van der Waals surface area (Å²) in [4.78, 5) is 11.5. The molecule has 0 atom stereocenters. The van der Waals surface area contributed by atoms with E-state index in [-0.39, 0.29) is 6.09 Å². The normalized spacial score (nSPS) is 11.1. The summed E-state index contributed by atoms with van der Waals surface area (Å²) in [7, 11) is 1.64. The molecule has 1 aromatic heterocycles. The number of aryl methyl sites for hydroxylation is 1. The number of amides is 1. The fraction of sp³-hybridized carbons (Fsp3) is 0.526. The standard InChI is InChI=1S/C19H28N4O3S/c1-19(2,3)26-18(24)20-12-7-5-6-11-16-22-23-17(27-16)21-14-9-8-10-15(13-14)25-4/h8-10,13H,5-7,11-12H2,1-4H3,(H,20,24)(H,21,23). The topological polar surface area (TPSA) is 85.4 Å². The van der Waals surface area contributed by atoms with E-state index in [2.05, 4.69) is 20.8 Å². The van der Waals surface area contributed by atoms with Crippen LogP contribution in [-0.4, -0.2) is 35.5 Å². The molecule has 0 bridgehead atoms. The van der Waals surface area contributed by atoms with Crippen molar-refractivity contribution < 1.29 is 14.3 Å². The first kappa shape index (κ1) is 21.0. The van der Waals surface area contributed by atoms with Gasteiger partial charge in [0.1, 0.15) is 16.4 Å². The number of benzene rings is 1. The molecule has 0 aliphatic carbocycles. The van der Waals surface area contributed by atoms with Crippen LogP contribution in [-0.2, 0) is 11.2 Å². The molecule has 0 radical (unpaired) electrons. The Morgan fingerprint density at radius 3 is 2.74 bits per heavy atom. The molecule has 0 spiro atoms. The number of ether oxygens (including phenoxy) is 2. The van der Waals surface area contributed by atoms with Gasteiger partial charge in [-0.1, -0.05) is 23.8 Å². The van der Waals surface area contributed by atoms with E-state index in [4.69, 9.17) is 9.47 Å². The molecule has 148 valence electrons. The summed E-state index contributed by atoms with van der Waals surface area (Å²) in [6.45, 7) is 6.18. The summed E-state index contributed by atoms with van der Waals surface area (Å²) in [5, 5.41) is 16.2. The maximum absolute atomic E-state index is 11.5. The number of anilines is 2. The Balaban J connectivity index is 1.64. The highest BCUT2D eigenvalue weighted by molar-refractivity contribution is 7.15. The number of carbonyl (C=O) groups is 1. The van der Waals surface area contributed by atoms with Crippen molar-refractivity contribution in [3.05, 3.63) is 29.3 Å². The summed E-state index contributed by atoms with van der Waals surface area (Å²) in [6, 6.07) is 7.70. The third-order valence-electron chi connectivity index (χ3n) is 3.52. The van der Waals surface area contributed by atoms with E-state index in [0.717, 1.165) is 47.3 Å². The maximum atomic E-state index is 11.5. The van der Waals surface area contributed by atoms with Crippen molar-refractivity contribution in [1.82, 2.24) is 15.5 Å². The number of rotatable bonds is 9. The molecule has 0 aliphatic heterocycles. The lowest BCUT2D eigenvalue weighted by Gasteiger charge is -2.19. The quantitative estimate of drug-likeness (QED) is 0.610. The van der Waals surface area contributed by atoms with Crippen molar-refractivity contribution in [3.63, 3.8) is 0 Å². The van der Waals surface area contributed by atoms with Crippen molar-refractivity contribution >= 4 is 28.2 Å². The van der Waals surface area contributed by atoms with Crippen LogP contribution in [0, 0.1) is 0 Å². The van der Waals surface area contributed by atoms with Gasteiger partial charge in [-0.2, -0.15) is 0 Å². The fourth-order valence-electron chi connectivity index (χ4n) is 2.31. The first-order valence-electron chi connectivity index (χ1n) is 9.06. The van der Waals surface area contributed by atoms with Crippen LogP contribution in [0.5, 0.6) is 5.75 Å². The molecule has 1 heterocycles. The van der Waals surface area contributed by atoms with Crippen LogP contribution in [0.3, 0.4) is 0 Å². The number of alkyl carbamates (subject to hydrolysis) is 1. The van der Waals surface area contributed by atoms with E-state index in [1.165, 1.54) is 0 Å². The molecular weight excluding hydrogens is 364 g/mol. The molecule has 2 aromatic rings. The molecule has 2 N–H and O–H groups in total. The molecular formula is C19H28N4O3S. The van der Waals surface area contributed by atoms with Crippen molar-refractivity contribution in [2.45, 2.75) is 52.1 Å². The Morgan fingerprint density at radius 1 is 1.19 bits per heavy atom. The third-order valence-corrected chi connectivity index (χ3v) is 4.42. The number of nitrogens with zero attached hydrogens (tertiary/aromatic N) is 2. The maximum Gasteiger partial charge on any atom is 0.407 e. The Kier molecular flexibility index (Phi) is 7.84. The SMILES string of the molecule is COc1cccc(Nc2nnc(CCCCCNC(=O)OC(C)(C)C)s2)c1. The van der Waals surface area contributed by atoms with E-state index >= 15 is 0 Å². The van der Waals surface area contributed by atoms with E-state index in [9.17, 15) is 4.79 Å². The lowest BCUT2D eigenvalue weighted by molar-refractivity contribution is 0.0527. The van der Waals surface area contributed by atoms with E-state index < -0.39 is 5.60 Å². The second-order valence-electron chi connectivity index (χ2n) is 7.10. The summed E-state index contributed by atoms with van der Waals surface area (Å²) in [5.41, 5.74) is 0.462. The second kappa shape index (κ2) is 10.1. The summed E-state index contributed by atoms with van der Waals surface area (Å²) in [5.74, 6) is 0.796. The van der Waals surface area contributed by atoms with Crippen molar-refractivity contribution in [2.75, 3.05) is 19.0 Å². The van der Waals surface area contributed by atoms with Gasteiger partial charge in [-0.05, 0) is 45.7 Å². The van der Waals surface area contributed by atoms with Gasteiger partial charge in [0.25, 0.3) is 0 Å². The van der Waals surface area contributed by atoms with Crippen molar-refractivity contribution in [1.29, 1.82) is 0 Å². The van der Waals surface area contributed by atoms with Gasteiger partial charge in [0.05, 0.1) is 7.11 Å². The number of aromatic nitrogens is 2. The first-order chi connectivity index (χ1) is 12.9. The van der Waals surface area contributed by atoms with Crippen LogP contribution in [0.25, 0.3) is 0 Å². The highest BCUT2D eigenvalue weighted by atomic mass is 32.1. The Hall–Kier alpha value is -2.35. The highest BCUT2D eigenvalue weighted by Gasteiger charge is 2.15. The third kappa shape index (κ3) is 8.25. The molecule has 0 saturated heterocycles. The Labute approximate surface area is 164 Å². The average Bonchev–Trinajstić information content (AvgIpc) is 3.04. The molecule has 27 heavy (non-hydrogen) atoms. The van der Waals surface area contributed by atoms with Crippen LogP contribution in [0.4, 0.5) is 15.6 Å². The monoisotopic (exact) mass is 392 g/mol. The number of unbranched alkanes of at least 4 members (excludes halogenated alkanes) is 2. The number of methoxy groups -OCH3 is 1. The van der Waals surface area contributed by atoms with Crippen molar-refractivity contribution in [3.8, 4) is 5.75 Å². The Morgan fingerprint density at radius 2 is 2.00 bits per heavy atom. The molecule has 0 unspecified atom stereocenters. The molecule has 0 saturated carbocycles. The lowest BCUT2D eigenvalue weighted by Crippen LogP contribution is -2.32. The molecule has 2 rings (SSSR count). The average molecular weight is 393 g/mol. The largest absolute Gasteiger partial charge is 0.497 e. The predicted octanol–water partition coefficient (Wildman–Crippen LogP) is 4.53. The van der Waals surface area contributed by atoms with Gasteiger partial charge in [-0.15, -0.1) is 10.2 Å². The minimum absolute atomic E-state index is 0.361. The minimum atomic E-state index is -0.460. The minimum Gasteiger partial charge on any atom is -0.497 e. The summed E-state index contributed by atoms with van der Waals surface area (Å²) >= 11 is 1.55. The van der Waals surface area contributed by atoms with Crippen molar-refractivity contribution in [2.24, 2.45) is 0 Å². The zero-order chi connectivity index (χ0) is 19.7. The van der Waals surface area contributed by atoms with Crippen LogP contribution in [0.15, 0.2) is 24.3 Å². The van der Waals surface area contributed by atoms with Gasteiger partial charge in [-0.3, -0.25) is 0 Å². The van der Waals surface area contributed by atoms with Gasteiger partial charge in [0.2, 0.25) is 5.13 Å². The molecule has 7 nitrogen and oxygen atoms in total. The zero-order valence-electron chi connectivity index (χ0n) is 16.4. The number of nitrogens with one attached hydrogen (secondary N) is 2. The fourth-order valence-corrected chi connectivity index (χ4v) is 3.11. The zero-order valence-corrected chi connectivity index (χ0v) is 17.2. The summed E-state index contributed by atoms with van der Waals surface area (Å²) in [6.07, 6.45) is 3.44. The smallest absolute Gasteiger partial charge is 0.407 e. The van der Waals surface area contributed by atoms with Gasteiger partial charge < -0.3 is 20.1 Å². The van der Waals surface area contributed by atoms with E-state index in [1.54, 1.807) is 18.4 Å². The van der Waals surface area contributed by atoms with Gasteiger partial charge in [0.15, 0.2) is 0 Å². The molecule has 0 aliphatic rings. The van der Waals surface area contributed by atoms with Gasteiger partial charge >= 0.3 is 6.09 Å². The predicted molar refractivity (Wildman–Crippen MR) is 108 cm³/mol. The van der Waals surface area contributed by atoms with E-state index in [0.29, 0.717) is 6.54 Å². The van der Waals surface area contributed by atoms with Gasteiger partial charge in [0, 0.05) is 24.7 Å². The van der Waals surface area contributed by atoms with Gasteiger partial charge in [-0.25, -0.2) is 4.79 Å². The molecule has 1 aromatic carbocycles. The molecule has 1 amide bonds. The number of hydrogen-bond donors (Lipinski definition) is 2. The van der Waals surface area contributed by atoms with Crippen LogP contribution < -0.4 is 15.4 Å².